The molecule has 0 saturated heterocycles. The van der Waals surface area contributed by atoms with Crippen molar-refractivity contribution in [3.63, 3.8) is 0 Å². The third-order valence-electron chi connectivity index (χ3n) is 4.74. The summed E-state index contributed by atoms with van der Waals surface area (Å²) in [4.78, 5) is 24.8. The minimum Gasteiger partial charge on any atom is -0.466 e. The number of nitriles is 1. The Balaban J connectivity index is 2.06. The second-order valence-electron chi connectivity index (χ2n) is 6.60. The van der Waals surface area contributed by atoms with E-state index in [4.69, 9.17) is 25.2 Å². The van der Waals surface area contributed by atoms with Gasteiger partial charge in [0.25, 0.3) is 0 Å². The van der Waals surface area contributed by atoms with Crippen LogP contribution in [0.3, 0.4) is 0 Å². The molecule has 30 heavy (non-hydrogen) atoms. The molecule has 154 valence electrons. The molecule has 1 heterocycles. The largest absolute Gasteiger partial charge is 0.466 e. The summed E-state index contributed by atoms with van der Waals surface area (Å²) in [5.41, 5.74) is 9.05. The second kappa shape index (κ2) is 9.14. The van der Waals surface area contributed by atoms with Crippen molar-refractivity contribution in [1.82, 2.24) is 0 Å². The standard InChI is InChI=1S/C23H22N2O5/c1-3-28-20(26)12-18-17-11-16(15-7-5-14(13-24)6-8-15)9-10-19(17)30-22(25)21(18)23(27)29-4-2/h5-11,18H,3-4,12,25H2,1-2H3. The molecule has 0 aromatic heterocycles. The SMILES string of the molecule is CCOC(=O)CC1C(C(=O)OCC)=C(N)Oc2ccc(-c3ccc(C#N)cc3)cc21. The van der Waals surface area contributed by atoms with Crippen LogP contribution in [0.4, 0.5) is 0 Å². The minimum absolute atomic E-state index is 0.0735. The number of nitrogens with two attached hydrogens (primary N) is 1. The highest BCUT2D eigenvalue weighted by Gasteiger charge is 2.36. The van der Waals surface area contributed by atoms with E-state index in [-0.39, 0.29) is 31.1 Å². The molecule has 0 spiro atoms. The summed E-state index contributed by atoms with van der Waals surface area (Å²) in [6.07, 6.45) is -0.0735. The van der Waals surface area contributed by atoms with Crippen LogP contribution in [0.1, 0.15) is 37.3 Å². The fourth-order valence-corrected chi connectivity index (χ4v) is 3.38. The summed E-state index contributed by atoms with van der Waals surface area (Å²) in [7, 11) is 0. The van der Waals surface area contributed by atoms with Gasteiger partial charge in [0.2, 0.25) is 5.88 Å². The number of hydrogen-bond acceptors (Lipinski definition) is 7. The molecule has 0 aliphatic carbocycles. The van der Waals surface area contributed by atoms with Crippen molar-refractivity contribution < 1.29 is 23.8 Å². The first-order chi connectivity index (χ1) is 14.5. The lowest BCUT2D eigenvalue weighted by Gasteiger charge is -2.28. The molecule has 2 aromatic rings. The number of ether oxygens (including phenoxy) is 3. The Labute approximate surface area is 174 Å². The first-order valence-corrected chi connectivity index (χ1v) is 9.63. The zero-order valence-electron chi connectivity index (χ0n) is 16.8. The third kappa shape index (κ3) is 4.28. The number of rotatable bonds is 6. The second-order valence-corrected chi connectivity index (χ2v) is 6.60. The average molecular weight is 406 g/mol. The van der Waals surface area contributed by atoms with E-state index < -0.39 is 17.9 Å². The lowest BCUT2D eigenvalue weighted by atomic mass is 9.84. The van der Waals surface area contributed by atoms with Crippen LogP contribution in [-0.2, 0) is 19.1 Å². The molecular formula is C23H22N2O5. The molecule has 0 fully saturated rings. The molecule has 7 heteroatoms. The lowest BCUT2D eigenvalue weighted by Crippen LogP contribution is -2.28. The van der Waals surface area contributed by atoms with Crippen LogP contribution in [0.25, 0.3) is 11.1 Å². The predicted molar refractivity (Wildman–Crippen MR) is 109 cm³/mol. The van der Waals surface area contributed by atoms with E-state index in [1.807, 2.05) is 24.3 Å². The van der Waals surface area contributed by atoms with Gasteiger partial charge in [-0.05, 0) is 49.2 Å². The fourth-order valence-electron chi connectivity index (χ4n) is 3.38. The van der Waals surface area contributed by atoms with Crippen LogP contribution < -0.4 is 10.5 Å². The zero-order chi connectivity index (χ0) is 21.7. The summed E-state index contributed by atoms with van der Waals surface area (Å²) in [5, 5.41) is 9.00. The van der Waals surface area contributed by atoms with E-state index in [9.17, 15) is 9.59 Å². The Kier molecular flexibility index (Phi) is 6.38. The molecule has 1 aliphatic heterocycles. The Morgan fingerprint density at radius 2 is 1.73 bits per heavy atom. The van der Waals surface area contributed by atoms with E-state index in [1.54, 1.807) is 32.0 Å². The molecule has 1 unspecified atom stereocenters. The normalized spacial score (nSPS) is 14.9. The van der Waals surface area contributed by atoms with Gasteiger partial charge in [0, 0.05) is 11.5 Å². The minimum atomic E-state index is -0.662. The highest BCUT2D eigenvalue weighted by Crippen LogP contribution is 2.42. The summed E-state index contributed by atoms with van der Waals surface area (Å²) in [5.74, 6) is -1.36. The smallest absolute Gasteiger partial charge is 0.340 e. The quantitative estimate of drug-likeness (QED) is 0.732. The molecule has 2 aromatic carbocycles. The monoisotopic (exact) mass is 406 g/mol. The summed E-state index contributed by atoms with van der Waals surface area (Å²) < 4.78 is 15.9. The van der Waals surface area contributed by atoms with Gasteiger partial charge in [0.15, 0.2) is 0 Å². The molecule has 7 nitrogen and oxygen atoms in total. The molecule has 0 radical (unpaired) electrons. The maximum absolute atomic E-state index is 12.6. The van der Waals surface area contributed by atoms with Gasteiger partial charge >= 0.3 is 11.9 Å². The van der Waals surface area contributed by atoms with Crippen LogP contribution in [0.5, 0.6) is 5.75 Å². The van der Waals surface area contributed by atoms with E-state index in [1.165, 1.54) is 0 Å². The number of benzene rings is 2. The van der Waals surface area contributed by atoms with Crippen LogP contribution in [0, 0.1) is 11.3 Å². The molecule has 0 amide bonds. The highest BCUT2D eigenvalue weighted by molar-refractivity contribution is 5.93. The van der Waals surface area contributed by atoms with E-state index in [0.717, 1.165) is 11.1 Å². The Bertz CT molecular complexity index is 1030. The Hall–Kier alpha value is -3.79. The van der Waals surface area contributed by atoms with Crippen LogP contribution >= 0.6 is 0 Å². The number of nitrogens with zero attached hydrogens (tertiary/aromatic N) is 1. The van der Waals surface area contributed by atoms with Gasteiger partial charge in [-0.1, -0.05) is 18.2 Å². The molecular weight excluding hydrogens is 384 g/mol. The third-order valence-corrected chi connectivity index (χ3v) is 4.74. The van der Waals surface area contributed by atoms with E-state index in [2.05, 4.69) is 6.07 Å². The average Bonchev–Trinajstić information content (AvgIpc) is 2.74. The number of carbonyl (C=O) groups is 2. The molecule has 1 atom stereocenters. The van der Waals surface area contributed by atoms with Gasteiger partial charge in [0.05, 0.1) is 31.3 Å². The maximum atomic E-state index is 12.6. The van der Waals surface area contributed by atoms with Gasteiger partial charge in [-0.25, -0.2) is 4.79 Å². The van der Waals surface area contributed by atoms with E-state index in [0.29, 0.717) is 16.9 Å². The van der Waals surface area contributed by atoms with Crippen molar-refractivity contribution in [1.29, 1.82) is 5.26 Å². The van der Waals surface area contributed by atoms with Crippen LogP contribution in [0.15, 0.2) is 53.9 Å². The first-order valence-electron chi connectivity index (χ1n) is 9.63. The van der Waals surface area contributed by atoms with Gasteiger partial charge in [-0.2, -0.15) is 5.26 Å². The van der Waals surface area contributed by atoms with Crippen molar-refractivity contribution in [3.05, 3.63) is 65.0 Å². The molecule has 3 rings (SSSR count). The zero-order valence-corrected chi connectivity index (χ0v) is 16.8. The van der Waals surface area contributed by atoms with Gasteiger partial charge in [-0.3, -0.25) is 4.79 Å². The maximum Gasteiger partial charge on any atom is 0.340 e. The van der Waals surface area contributed by atoms with Crippen molar-refractivity contribution >= 4 is 11.9 Å². The topological polar surface area (TPSA) is 112 Å². The van der Waals surface area contributed by atoms with E-state index >= 15 is 0 Å². The number of esters is 2. The van der Waals surface area contributed by atoms with Crippen molar-refractivity contribution in [2.75, 3.05) is 13.2 Å². The van der Waals surface area contributed by atoms with Gasteiger partial charge < -0.3 is 19.9 Å². The first kappa shape index (κ1) is 20.9. The Morgan fingerprint density at radius 3 is 2.37 bits per heavy atom. The van der Waals surface area contributed by atoms with Crippen molar-refractivity contribution in [2.24, 2.45) is 5.73 Å². The van der Waals surface area contributed by atoms with Crippen molar-refractivity contribution in [3.8, 4) is 22.9 Å². The molecule has 0 bridgehead atoms. The fraction of sp³-hybridized carbons (Fsp3) is 0.261. The number of fused-ring (bicyclic) bond motifs is 1. The van der Waals surface area contributed by atoms with Crippen LogP contribution in [0.2, 0.25) is 0 Å². The summed E-state index contributed by atoms with van der Waals surface area (Å²) >= 11 is 0. The molecule has 1 aliphatic rings. The van der Waals surface area contributed by atoms with Crippen molar-refractivity contribution in [2.45, 2.75) is 26.2 Å². The van der Waals surface area contributed by atoms with Crippen LogP contribution in [-0.4, -0.2) is 25.2 Å². The summed E-state index contributed by atoms with van der Waals surface area (Å²) in [6.45, 7) is 3.80. The van der Waals surface area contributed by atoms with Gasteiger partial charge in [-0.15, -0.1) is 0 Å². The highest BCUT2D eigenvalue weighted by atomic mass is 16.5. The molecule has 2 N–H and O–H groups in total. The van der Waals surface area contributed by atoms with Gasteiger partial charge in [0.1, 0.15) is 11.3 Å². The number of carbonyl (C=O) groups excluding carboxylic acids is 2. The lowest BCUT2D eigenvalue weighted by molar-refractivity contribution is -0.143. The summed E-state index contributed by atoms with van der Waals surface area (Å²) in [6, 6.07) is 14.7. The predicted octanol–water partition coefficient (Wildman–Crippen LogP) is 3.39. The Morgan fingerprint density at radius 1 is 1.07 bits per heavy atom. The molecule has 0 saturated carbocycles. The number of hydrogen-bond donors (Lipinski definition) is 1.